The number of nitrogens with zero attached hydrogens (tertiary/aromatic N) is 3. The Kier molecular flexibility index (Phi) is 5.26. The largest absolute Gasteiger partial charge is 0.384 e. The van der Waals surface area contributed by atoms with Crippen LogP contribution in [0.25, 0.3) is 0 Å². The van der Waals surface area contributed by atoms with Crippen molar-refractivity contribution in [1.82, 2.24) is 9.97 Å². The third-order valence-corrected chi connectivity index (χ3v) is 3.10. The molecule has 2 rings (SSSR count). The summed E-state index contributed by atoms with van der Waals surface area (Å²) in [5.74, 6) is -0.106. The van der Waals surface area contributed by atoms with Gasteiger partial charge in [-0.1, -0.05) is 6.92 Å². The van der Waals surface area contributed by atoms with Crippen LogP contribution in [0, 0.1) is 0 Å². The van der Waals surface area contributed by atoms with E-state index < -0.39 is 0 Å². The molecular formula is C16H20N4O. The van der Waals surface area contributed by atoms with Crippen LogP contribution in [0.15, 0.2) is 42.9 Å². The predicted molar refractivity (Wildman–Crippen MR) is 84.6 cm³/mol. The zero-order valence-electron chi connectivity index (χ0n) is 12.4. The van der Waals surface area contributed by atoms with E-state index in [9.17, 15) is 4.79 Å². The van der Waals surface area contributed by atoms with Gasteiger partial charge in [0.2, 0.25) is 0 Å². The van der Waals surface area contributed by atoms with Crippen molar-refractivity contribution in [1.29, 1.82) is 0 Å². The van der Waals surface area contributed by atoms with Gasteiger partial charge in [0.25, 0.3) is 5.91 Å². The number of hydrogen-bond acceptors (Lipinski definition) is 4. The Labute approximate surface area is 125 Å². The third kappa shape index (κ3) is 3.78. The minimum Gasteiger partial charge on any atom is -0.384 e. The monoisotopic (exact) mass is 284 g/mol. The first-order chi connectivity index (χ1) is 10.3. The van der Waals surface area contributed by atoms with Crippen LogP contribution in [0.3, 0.4) is 0 Å². The Bertz CT molecular complexity index is 569. The van der Waals surface area contributed by atoms with Crippen molar-refractivity contribution in [2.45, 2.75) is 20.3 Å². The Morgan fingerprint density at radius 3 is 2.52 bits per heavy atom. The van der Waals surface area contributed by atoms with E-state index in [-0.39, 0.29) is 5.91 Å². The fraction of sp³-hybridized carbons (Fsp3) is 0.312. The SMILES string of the molecule is CCCNc1ccc(C(=O)N(CC)c2ccncc2)nc1. The van der Waals surface area contributed by atoms with Crippen LogP contribution in [0.1, 0.15) is 30.8 Å². The molecule has 5 nitrogen and oxygen atoms in total. The number of rotatable bonds is 6. The van der Waals surface area contributed by atoms with Crippen molar-refractivity contribution >= 4 is 17.3 Å². The van der Waals surface area contributed by atoms with E-state index in [0.29, 0.717) is 12.2 Å². The minimum absolute atomic E-state index is 0.106. The average Bonchev–Trinajstić information content (AvgIpc) is 2.55. The maximum Gasteiger partial charge on any atom is 0.276 e. The van der Waals surface area contributed by atoms with Crippen molar-refractivity contribution in [3.63, 3.8) is 0 Å². The van der Waals surface area contributed by atoms with Gasteiger partial charge in [0.1, 0.15) is 5.69 Å². The molecule has 0 unspecified atom stereocenters. The first-order valence-electron chi connectivity index (χ1n) is 7.18. The van der Waals surface area contributed by atoms with Crippen LogP contribution in [0.4, 0.5) is 11.4 Å². The van der Waals surface area contributed by atoms with Crippen molar-refractivity contribution < 1.29 is 4.79 Å². The number of nitrogens with one attached hydrogen (secondary N) is 1. The Balaban J connectivity index is 2.14. The van der Waals surface area contributed by atoms with Gasteiger partial charge in [-0.25, -0.2) is 4.98 Å². The summed E-state index contributed by atoms with van der Waals surface area (Å²) in [4.78, 5) is 22.4. The molecule has 0 saturated carbocycles. The predicted octanol–water partition coefficient (Wildman–Crippen LogP) is 2.97. The van der Waals surface area contributed by atoms with Crippen LogP contribution >= 0.6 is 0 Å². The standard InChI is InChI=1S/C16H20N4O/c1-3-9-18-13-5-6-15(19-12-13)16(21)20(4-2)14-7-10-17-11-8-14/h5-8,10-12,18H,3-4,9H2,1-2H3. The highest BCUT2D eigenvalue weighted by atomic mass is 16.2. The number of hydrogen-bond donors (Lipinski definition) is 1. The summed E-state index contributed by atoms with van der Waals surface area (Å²) < 4.78 is 0. The molecular weight excluding hydrogens is 264 g/mol. The lowest BCUT2D eigenvalue weighted by Crippen LogP contribution is -2.31. The summed E-state index contributed by atoms with van der Waals surface area (Å²) in [6.45, 7) is 5.52. The molecule has 2 heterocycles. The number of anilines is 2. The Hall–Kier alpha value is -2.43. The van der Waals surface area contributed by atoms with E-state index in [0.717, 1.165) is 24.3 Å². The second-order valence-corrected chi connectivity index (χ2v) is 4.61. The van der Waals surface area contributed by atoms with Gasteiger partial charge in [0.15, 0.2) is 0 Å². The normalized spacial score (nSPS) is 10.2. The van der Waals surface area contributed by atoms with E-state index in [1.54, 1.807) is 29.6 Å². The molecule has 21 heavy (non-hydrogen) atoms. The molecule has 0 bridgehead atoms. The molecule has 2 aromatic heterocycles. The maximum absolute atomic E-state index is 12.5. The van der Waals surface area contributed by atoms with E-state index in [2.05, 4.69) is 22.2 Å². The van der Waals surface area contributed by atoms with Crippen LogP contribution in [-0.2, 0) is 0 Å². The lowest BCUT2D eigenvalue weighted by molar-refractivity contribution is 0.0983. The van der Waals surface area contributed by atoms with Gasteiger partial charge in [-0.3, -0.25) is 9.78 Å². The van der Waals surface area contributed by atoms with Gasteiger partial charge in [-0.05, 0) is 37.6 Å². The summed E-state index contributed by atoms with van der Waals surface area (Å²) in [5, 5.41) is 3.24. The molecule has 0 spiro atoms. The summed E-state index contributed by atoms with van der Waals surface area (Å²) in [6.07, 6.45) is 6.10. The Morgan fingerprint density at radius 1 is 1.19 bits per heavy atom. The second-order valence-electron chi connectivity index (χ2n) is 4.61. The smallest absolute Gasteiger partial charge is 0.276 e. The number of amides is 1. The lowest BCUT2D eigenvalue weighted by atomic mass is 10.2. The zero-order valence-corrected chi connectivity index (χ0v) is 12.4. The molecule has 0 aliphatic carbocycles. The van der Waals surface area contributed by atoms with Crippen LogP contribution in [-0.4, -0.2) is 29.0 Å². The molecule has 2 aromatic rings. The first kappa shape index (κ1) is 15.0. The molecule has 1 N–H and O–H groups in total. The topological polar surface area (TPSA) is 58.1 Å². The van der Waals surface area contributed by atoms with Crippen molar-refractivity contribution in [2.75, 3.05) is 23.3 Å². The summed E-state index contributed by atoms with van der Waals surface area (Å²) in [7, 11) is 0. The van der Waals surface area contributed by atoms with Crippen LogP contribution in [0.5, 0.6) is 0 Å². The minimum atomic E-state index is -0.106. The van der Waals surface area contributed by atoms with Gasteiger partial charge in [0.05, 0.1) is 11.9 Å². The molecule has 0 aliphatic rings. The van der Waals surface area contributed by atoms with Crippen molar-refractivity contribution in [3.8, 4) is 0 Å². The molecule has 110 valence electrons. The van der Waals surface area contributed by atoms with Crippen molar-refractivity contribution in [3.05, 3.63) is 48.5 Å². The molecule has 5 heteroatoms. The van der Waals surface area contributed by atoms with Gasteiger partial charge in [-0.15, -0.1) is 0 Å². The summed E-state index contributed by atoms with van der Waals surface area (Å²) >= 11 is 0. The number of aromatic nitrogens is 2. The lowest BCUT2D eigenvalue weighted by Gasteiger charge is -2.20. The van der Waals surface area contributed by atoms with E-state index in [1.807, 2.05) is 25.1 Å². The highest BCUT2D eigenvalue weighted by molar-refractivity contribution is 6.04. The van der Waals surface area contributed by atoms with E-state index in [1.165, 1.54) is 0 Å². The highest BCUT2D eigenvalue weighted by Gasteiger charge is 2.17. The average molecular weight is 284 g/mol. The van der Waals surface area contributed by atoms with Gasteiger partial charge in [-0.2, -0.15) is 0 Å². The van der Waals surface area contributed by atoms with E-state index >= 15 is 0 Å². The fourth-order valence-corrected chi connectivity index (χ4v) is 2.00. The second kappa shape index (κ2) is 7.38. The molecule has 0 aromatic carbocycles. The highest BCUT2D eigenvalue weighted by Crippen LogP contribution is 2.15. The number of carbonyl (C=O) groups is 1. The van der Waals surface area contributed by atoms with Crippen molar-refractivity contribution in [2.24, 2.45) is 0 Å². The molecule has 0 radical (unpaired) electrons. The van der Waals surface area contributed by atoms with Gasteiger partial charge in [0, 0.05) is 31.2 Å². The summed E-state index contributed by atoms with van der Waals surface area (Å²) in [6, 6.07) is 7.28. The fourth-order valence-electron chi connectivity index (χ4n) is 2.00. The van der Waals surface area contributed by atoms with Crippen LogP contribution < -0.4 is 10.2 Å². The van der Waals surface area contributed by atoms with E-state index in [4.69, 9.17) is 0 Å². The van der Waals surface area contributed by atoms with Gasteiger partial charge >= 0.3 is 0 Å². The number of carbonyl (C=O) groups excluding carboxylic acids is 1. The number of pyridine rings is 2. The molecule has 0 fully saturated rings. The maximum atomic E-state index is 12.5. The van der Waals surface area contributed by atoms with Crippen LogP contribution in [0.2, 0.25) is 0 Å². The Morgan fingerprint density at radius 2 is 1.95 bits per heavy atom. The molecule has 0 atom stereocenters. The third-order valence-electron chi connectivity index (χ3n) is 3.10. The quantitative estimate of drug-likeness (QED) is 0.886. The summed E-state index contributed by atoms with van der Waals surface area (Å²) in [5.41, 5.74) is 2.20. The first-order valence-corrected chi connectivity index (χ1v) is 7.18. The van der Waals surface area contributed by atoms with Gasteiger partial charge < -0.3 is 10.2 Å². The molecule has 0 aliphatic heterocycles. The molecule has 0 saturated heterocycles. The molecule has 1 amide bonds. The zero-order chi connectivity index (χ0) is 15.1.